The van der Waals surface area contributed by atoms with Crippen LogP contribution in [0.25, 0.3) is 33.5 Å². The molecule has 4 aromatic rings. The van der Waals surface area contributed by atoms with Crippen molar-refractivity contribution in [1.82, 2.24) is 34.6 Å². The fraction of sp³-hybridized carbons (Fsp3) is 0.500. The van der Waals surface area contributed by atoms with Crippen LogP contribution in [0, 0.1) is 0 Å². The van der Waals surface area contributed by atoms with Gasteiger partial charge in [0.25, 0.3) is 0 Å². The highest BCUT2D eigenvalue weighted by atomic mass is 19.2. The Kier molecular flexibility index (Phi) is 5.87. The van der Waals surface area contributed by atoms with Crippen molar-refractivity contribution < 1.29 is 8.78 Å². The predicted molar refractivity (Wildman–Crippen MR) is 142 cm³/mol. The molecule has 0 spiro atoms. The van der Waals surface area contributed by atoms with Crippen molar-refractivity contribution in [3.05, 3.63) is 43.1 Å². The lowest BCUT2D eigenvalue weighted by Gasteiger charge is -2.30. The summed E-state index contributed by atoms with van der Waals surface area (Å²) in [4.78, 5) is 17.6. The maximum absolute atomic E-state index is 14.8. The molecule has 2 bridgehead atoms. The van der Waals surface area contributed by atoms with Gasteiger partial charge >= 0.3 is 0 Å². The lowest BCUT2D eigenvalue weighted by Crippen LogP contribution is -2.36. The summed E-state index contributed by atoms with van der Waals surface area (Å²) in [6, 6.07) is 6.93. The van der Waals surface area contributed by atoms with E-state index in [0.29, 0.717) is 36.4 Å². The lowest BCUT2D eigenvalue weighted by molar-refractivity contribution is 0.0723. The van der Waals surface area contributed by atoms with Crippen molar-refractivity contribution in [2.24, 2.45) is 0 Å². The van der Waals surface area contributed by atoms with Gasteiger partial charge in [0.05, 0.1) is 6.04 Å². The Morgan fingerprint density at radius 1 is 0.974 bits per heavy atom. The highest BCUT2D eigenvalue weighted by Crippen LogP contribution is 2.37. The number of likely N-dealkylation sites (N-methyl/N-ethyl adjacent to an activating group) is 1. The number of rotatable bonds is 4. The van der Waals surface area contributed by atoms with Crippen LogP contribution in [0.5, 0.6) is 0 Å². The molecule has 2 aliphatic heterocycles. The molecule has 3 aliphatic rings. The number of pyridine rings is 2. The summed E-state index contributed by atoms with van der Waals surface area (Å²) in [5.74, 6) is 1.53. The second kappa shape index (κ2) is 9.41. The number of hydrogen-bond donors (Lipinski definition) is 1. The Balaban J connectivity index is 1.17. The number of H-pyrrole nitrogens is 1. The van der Waals surface area contributed by atoms with Crippen LogP contribution in [0.15, 0.2) is 43.1 Å². The van der Waals surface area contributed by atoms with Crippen molar-refractivity contribution in [3.63, 3.8) is 0 Å². The van der Waals surface area contributed by atoms with Gasteiger partial charge in [0.2, 0.25) is 0 Å². The molecule has 1 saturated carbocycles. The van der Waals surface area contributed by atoms with E-state index in [1.165, 1.54) is 25.6 Å². The Bertz CT molecular complexity index is 1430. The van der Waals surface area contributed by atoms with Crippen LogP contribution < -0.4 is 4.90 Å². The maximum Gasteiger partial charge on any atom is 0.166 e. The minimum Gasteiger partial charge on any atom is -0.355 e. The van der Waals surface area contributed by atoms with E-state index >= 15 is 0 Å². The van der Waals surface area contributed by atoms with Gasteiger partial charge in [-0.15, -0.1) is 10.2 Å². The van der Waals surface area contributed by atoms with Gasteiger partial charge in [-0.1, -0.05) is 0 Å². The Hall–Kier alpha value is -3.40. The van der Waals surface area contributed by atoms with Crippen LogP contribution in [-0.4, -0.2) is 79.2 Å². The van der Waals surface area contributed by atoms with E-state index in [1.807, 2.05) is 18.6 Å². The first-order valence-corrected chi connectivity index (χ1v) is 13.7. The average molecular weight is 519 g/mol. The highest BCUT2D eigenvalue weighted by Gasteiger charge is 2.37. The normalized spacial score (nSPS) is 28.2. The molecule has 7 rings (SSSR count). The summed E-state index contributed by atoms with van der Waals surface area (Å²) in [7, 11) is 2.26. The smallest absolute Gasteiger partial charge is 0.166 e. The fourth-order valence-electron chi connectivity index (χ4n) is 6.66. The largest absolute Gasteiger partial charge is 0.355 e. The van der Waals surface area contributed by atoms with E-state index in [9.17, 15) is 8.78 Å². The molecular formula is C28H32F2N8. The highest BCUT2D eigenvalue weighted by molar-refractivity contribution is 5.94. The number of aromatic amines is 1. The zero-order chi connectivity index (χ0) is 25.8. The van der Waals surface area contributed by atoms with E-state index < -0.39 is 18.4 Å². The molecule has 10 heteroatoms. The number of halogens is 2. The first-order chi connectivity index (χ1) is 18.6. The van der Waals surface area contributed by atoms with Crippen LogP contribution in [-0.2, 0) is 0 Å². The molecule has 38 heavy (non-hydrogen) atoms. The molecule has 6 heterocycles. The Morgan fingerprint density at radius 3 is 2.71 bits per heavy atom. The topological polar surface area (TPSA) is 78.8 Å². The van der Waals surface area contributed by atoms with E-state index in [-0.39, 0.29) is 6.42 Å². The molecule has 1 N–H and O–H groups in total. The van der Waals surface area contributed by atoms with E-state index in [1.54, 1.807) is 4.57 Å². The second-order valence-electron chi connectivity index (χ2n) is 11.0. The third-order valence-corrected chi connectivity index (χ3v) is 8.95. The molecule has 2 saturated heterocycles. The summed E-state index contributed by atoms with van der Waals surface area (Å²) in [6.45, 7) is 2.05. The van der Waals surface area contributed by atoms with Gasteiger partial charge in [0, 0.05) is 65.8 Å². The SMILES string of the molecule is CN1C2CCC1CN(c1ccc(-c3cnc4[nH]cc(-c5nncn5C5CCCC(F)C5F)c4c3)cn1)CC2. The van der Waals surface area contributed by atoms with Gasteiger partial charge in [0.15, 0.2) is 12.0 Å². The molecule has 0 amide bonds. The standard InChI is InChI=1S/C28H32F2N8/c1-36-19-6-7-20(36)15-37(10-9-19)25-8-5-17(12-31-25)18-11-21-22(14-33-27(21)32-13-18)28-35-34-16-38(28)24-4-2-3-23(29)26(24)30/h5,8,11-14,16,19-20,23-24,26H,2-4,6-7,9-10,15H2,1H3,(H,32,33). The second-order valence-corrected chi connectivity index (χ2v) is 11.0. The first-order valence-electron chi connectivity index (χ1n) is 13.7. The third-order valence-electron chi connectivity index (χ3n) is 8.95. The van der Waals surface area contributed by atoms with Crippen LogP contribution in [0.2, 0.25) is 0 Å². The average Bonchev–Trinajstić information content (AvgIpc) is 3.63. The molecule has 0 radical (unpaired) electrons. The van der Waals surface area contributed by atoms with Crippen molar-refractivity contribution in [2.45, 2.75) is 69.0 Å². The molecule has 0 aromatic carbocycles. The number of anilines is 1. The van der Waals surface area contributed by atoms with Gasteiger partial charge < -0.3 is 14.5 Å². The van der Waals surface area contributed by atoms with Crippen molar-refractivity contribution in [1.29, 1.82) is 0 Å². The number of nitrogens with one attached hydrogen (secondary N) is 1. The molecular weight excluding hydrogens is 486 g/mol. The molecule has 1 aliphatic carbocycles. The van der Waals surface area contributed by atoms with Crippen LogP contribution in [0.3, 0.4) is 0 Å². The molecule has 4 aromatic heterocycles. The van der Waals surface area contributed by atoms with Gasteiger partial charge in [-0.2, -0.15) is 0 Å². The zero-order valence-electron chi connectivity index (χ0n) is 21.5. The van der Waals surface area contributed by atoms with Gasteiger partial charge in [-0.05, 0) is 63.8 Å². The Labute approximate surface area is 220 Å². The quantitative estimate of drug-likeness (QED) is 0.412. The minimum atomic E-state index is -1.57. The number of aromatic nitrogens is 6. The fourth-order valence-corrected chi connectivity index (χ4v) is 6.66. The lowest BCUT2D eigenvalue weighted by atomic mass is 9.91. The number of nitrogens with zero attached hydrogens (tertiary/aromatic N) is 7. The summed E-state index contributed by atoms with van der Waals surface area (Å²) in [5, 5.41) is 9.20. The molecule has 5 atom stereocenters. The monoisotopic (exact) mass is 518 g/mol. The molecule has 198 valence electrons. The molecule has 8 nitrogen and oxygen atoms in total. The predicted octanol–water partition coefficient (Wildman–Crippen LogP) is 4.96. The van der Waals surface area contributed by atoms with E-state index in [2.05, 4.69) is 55.2 Å². The maximum atomic E-state index is 14.8. The third kappa shape index (κ3) is 3.97. The summed E-state index contributed by atoms with van der Waals surface area (Å²) >= 11 is 0. The Morgan fingerprint density at radius 2 is 1.84 bits per heavy atom. The van der Waals surface area contributed by atoms with E-state index in [4.69, 9.17) is 4.98 Å². The van der Waals surface area contributed by atoms with Crippen LogP contribution in [0.1, 0.15) is 44.6 Å². The first kappa shape index (κ1) is 23.7. The number of alkyl halides is 2. The van der Waals surface area contributed by atoms with Crippen molar-refractivity contribution in [2.75, 3.05) is 25.0 Å². The van der Waals surface area contributed by atoms with Crippen molar-refractivity contribution >= 4 is 16.9 Å². The van der Waals surface area contributed by atoms with Gasteiger partial charge in [0.1, 0.15) is 24.0 Å². The summed E-state index contributed by atoms with van der Waals surface area (Å²) < 4.78 is 30.6. The number of hydrogen-bond acceptors (Lipinski definition) is 6. The van der Waals surface area contributed by atoms with E-state index in [0.717, 1.165) is 41.0 Å². The summed E-state index contributed by atoms with van der Waals surface area (Å²) in [6.07, 6.45) is 9.25. The van der Waals surface area contributed by atoms with Gasteiger partial charge in [-0.3, -0.25) is 4.90 Å². The molecule has 3 fully saturated rings. The summed E-state index contributed by atoms with van der Waals surface area (Å²) in [5.41, 5.74) is 3.38. The van der Waals surface area contributed by atoms with Crippen LogP contribution in [0.4, 0.5) is 14.6 Å². The minimum absolute atomic E-state index is 0.262. The zero-order valence-corrected chi connectivity index (χ0v) is 21.5. The van der Waals surface area contributed by atoms with Gasteiger partial charge in [-0.25, -0.2) is 18.7 Å². The van der Waals surface area contributed by atoms with Crippen LogP contribution >= 0.6 is 0 Å². The molecule has 5 unspecified atom stereocenters. The van der Waals surface area contributed by atoms with Crippen molar-refractivity contribution in [3.8, 4) is 22.5 Å². The number of fused-ring (bicyclic) bond motifs is 3.